The van der Waals surface area contributed by atoms with E-state index in [9.17, 15) is 13.2 Å². The van der Waals surface area contributed by atoms with Crippen molar-refractivity contribution >= 4 is 27.3 Å². The van der Waals surface area contributed by atoms with Gasteiger partial charge in [-0.05, 0) is 38.9 Å². The normalized spacial score (nSPS) is 33.0. The van der Waals surface area contributed by atoms with Crippen molar-refractivity contribution in [3.63, 3.8) is 0 Å². The summed E-state index contributed by atoms with van der Waals surface area (Å²) < 4.78 is 23.0. The van der Waals surface area contributed by atoms with Gasteiger partial charge < -0.3 is 10.6 Å². The molecule has 0 aliphatic carbocycles. The number of carbonyl (C=O) groups is 1. The third-order valence-electron chi connectivity index (χ3n) is 4.09. The van der Waals surface area contributed by atoms with Crippen LogP contribution in [0.25, 0.3) is 0 Å². The van der Waals surface area contributed by atoms with Gasteiger partial charge in [0.15, 0.2) is 9.84 Å². The maximum Gasteiger partial charge on any atom is 0.234 e. The Balaban J connectivity index is 1.79. The van der Waals surface area contributed by atoms with Crippen LogP contribution in [-0.4, -0.2) is 75.4 Å². The minimum Gasteiger partial charge on any atom is -0.350 e. The minimum absolute atomic E-state index is 0.0463. The van der Waals surface area contributed by atoms with E-state index >= 15 is 0 Å². The zero-order valence-corrected chi connectivity index (χ0v) is 13.9. The van der Waals surface area contributed by atoms with E-state index in [0.29, 0.717) is 12.5 Å². The first kappa shape index (κ1) is 17.0. The van der Waals surface area contributed by atoms with E-state index in [1.165, 1.54) is 6.42 Å². The Bertz CT molecular complexity index is 469. The number of hydrogen-bond acceptors (Lipinski definition) is 5. The van der Waals surface area contributed by atoms with Crippen molar-refractivity contribution in [2.45, 2.75) is 24.3 Å². The Hall–Kier alpha value is -0.370. The van der Waals surface area contributed by atoms with E-state index in [-0.39, 0.29) is 17.4 Å². The highest BCUT2D eigenvalue weighted by Crippen LogP contribution is 2.18. The summed E-state index contributed by atoms with van der Waals surface area (Å²) in [6.45, 7) is 3.10. The summed E-state index contributed by atoms with van der Waals surface area (Å²) in [6, 6.07) is -0.456. The average Bonchev–Trinajstić information content (AvgIpc) is 2.62. The van der Waals surface area contributed by atoms with Crippen LogP contribution in [0.5, 0.6) is 0 Å². The van der Waals surface area contributed by atoms with Crippen molar-refractivity contribution in [3.05, 3.63) is 0 Å². The summed E-state index contributed by atoms with van der Waals surface area (Å²) in [5.74, 6) is 0.347. The minimum atomic E-state index is -3.11. The highest BCUT2D eigenvalue weighted by Gasteiger charge is 2.37. The fourth-order valence-electron chi connectivity index (χ4n) is 3.14. The molecule has 2 fully saturated rings. The summed E-state index contributed by atoms with van der Waals surface area (Å²) in [5.41, 5.74) is 0. The van der Waals surface area contributed by atoms with Gasteiger partial charge in [0, 0.05) is 6.54 Å². The lowest BCUT2D eigenvalue weighted by atomic mass is 9.98. The predicted molar refractivity (Wildman–Crippen MR) is 83.3 cm³/mol. The third-order valence-corrected chi connectivity index (χ3v) is 6.47. The maximum absolute atomic E-state index is 12.1. The number of halogens is 1. The molecule has 3 unspecified atom stereocenters. The smallest absolute Gasteiger partial charge is 0.234 e. The maximum atomic E-state index is 12.1. The molecule has 2 N–H and O–H groups in total. The van der Waals surface area contributed by atoms with Crippen molar-refractivity contribution in [1.82, 2.24) is 15.5 Å². The molecule has 0 aromatic carbocycles. The zero-order chi connectivity index (χ0) is 15.5. The Kier molecular flexibility index (Phi) is 5.88. The first-order chi connectivity index (χ1) is 9.89. The first-order valence-electron chi connectivity index (χ1n) is 7.40. The third kappa shape index (κ3) is 5.09. The van der Waals surface area contributed by atoms with Gasteiger partial charge in [-0.2, -0.15) is 0 Å². The van der Waals surface area contributed by atoms with Gasteiger partial charge in [-0.1, -0.05) is 0 Å². The number of alkyl halides is 1. The highest BCUT2D eigenvalue weighted by atomic mass is 35.5. The number of carbonyl (C=O) groups excluding carboxylic acids is 1. The number of piperidine rings is 1. The molecule has 3 atom stereocenters. The highest BCUT2D eigenvalue weighted by molar-refractivity contribution is 7.91. The molecule has 2 heterocycles. The van der Waals surface area contributed by atoms with Crippen molar-refractivity contribution in [1.29, 1.82) is 0 Å². The second-order valence-corrected chi connectivity index (χ2v) is 8.78. The van der Waals surface area contributed by atoms with E-state index in [1.807, 2.05) is 7.05 Å². The molecule has 0 aromatic heterocycles. The van der Waals surface area contributed by atoms with Crippen LogP contribution in [0.3, 0.4) is 0 Å². The molecule has 0 saturated carbocycles. The Labute approximate surface area is 131 Å². The molecule has 0 bridgehead atoms. The SMILES string of the molecule is CNCC1CCCN(CC(=O)NC2CS(=O)(=O)CC2Cl)C1. The van der Waals surface area contributed by atoms with Crippen LogP contribution in [0.15, 0.2) is 0 Å². The number of hydrogen-bond donors (Lipinski definition) is 2. The van der Waals surface area contributed by atoms with Gasteiger partial charge in [0.2, 0.25) is 5.91 Å². The number of nitrogens with zero attached hydrogens (tertiary/aromatic N) is 1. The van der Waals surface area contributed by atoms with Gasteiger partial charge in [-0.15, -0.1) is 11.6 Å². The largest absolute Gasteiger partial charge is 0.350 e. The monoisotopic (exact) mass is 337 g/mol. The van der Waals surface area contributed by atoms with E-state index in [1.54, 1.807) is 0 Å². The second kappa shape index (κ2) is 7.26. The lowest BCUT2D eigenvalue weighted by Crippen LogP contribution is -2.48. The van der Waals surface area contributed by atoms with Crippen LogP contribution in [0.2, 0.25) is 0 Å². The first-order valence-corrected chi connectivity index (χ1v) is 9.66. The topological polar surface area (TPSA) is 78.5 Å². The van der Waals surface area contributed by atoms with Crippen LogP contribution in [0.1, 0.15) is 12.8 Å². The lowest BCUT2D eigenvalue weighted by molar-refractivity contribution is -0.123. The van der Waals surface area contributed by atoms with Crippen molar-refractivity contribution in [3.8, 4) is 0 Å². The van der Waals surface area contributed by atoms with Crippen LogP contribution in [0.4, 0.5) is 0 Å². The molecule has 1 amide bonds. The summed E-state index contributed by atoms with van der Waals surface area (Å²) in [4.78, 5) is 14.2. The molecule has 2 saturated heterocycles. The van der Waals surface area contributed by atoms with Crippen molar-refractivity contribution < 1.29 is 13.2 Å². The van der Waals surface area contributed by atoms with Gasteiger partial charge in [0.05, 0.1) is 29.5 Å². The van der Waals surface area contributed by atoms with Gasteiger partial charge in [0.25, 0.3) is 0 Å². The molecular weight excluding hydrogens is 314 g/mol. The fraction of sp³-hybridized carbons (Fsp3) is 0.923. The van der Waals surface area contributed by atoms with Gasteiger partial charge in [0.1, 0.15) is 0 Å². The second-order valence-electron chi connectivity index (χ2n) is 6.07. The number of sulfone groups is 1. The molecule has 122 valence electrons. The number of amides is 1. The molecule has 6 nitrogen and oxygen atoms in total. The Morgan fingerprint density at radius 2 is 2.14 bits per heavy atom. The number of nitrogens with one attached hydrogen (secondary N) is 2. The summed E-state index contributed by atoms with van der Waals surface area (Å²) in [5, 5.41) is 5.43. The summed E-state index contributed by atoms with van der Waals surface area (Å²) in [6.07, 6.45) is 2.28. The van der Waals surface area contributed by atoms with Gasteiger partial charge >= 0.3 is 0 Å². The molecule has 2 aliphatic rings. The van der Waals surface area contributed by atoms with Gasteiger partial charge in [-0.3, -0.25) is 9.69 Å². The molecule has 0 spiro atoms. The van der Waals surface area contributed by atoms with Crippen molar-refractivity contribution in [2.75, 3.05) is 44.7 Å². The molecule has 8 heteroatoms. The Morgan fingerprint density at radius 3 is 2.76 bits per heavy atom. The molecule has 0 aromatic rings. The van der Waals surface area contributed by atoms with Crippen LogP contribution in [0, 0.1) is 5.92 Å². The van der Waals surface area contributed by atoms with E-state index < -0.39 is 21.3 Å². The molecule has 2 aliphatic heterocycles. The van der Waals surface area contributed by atoms with E-state index in [2.05, 4.69) is 15.5 Å². The molecular formula is C13H24ClN3O3S. The average molecular weight is 338 g/mol. The van der Waals surface area contributed by atoms with E-state index in [0.717, 1.165) is 26.1 Å². The van der Waals surface area contributed by atoms with Crippen LogP contribution in [-0.2, 0) is 14.6 Å². The standard InChI is InChI=1S/C13H24ClN3O3S/c1-15-5-10-3-2-4-17(6-10)7-13(18)16-12-9-21(19,20)8-11(12)14/h10-12,15H,2-9H2,1H3,(H,16,18). The van der Waals surface area contributed by atoms with Crippen LogP contribution < -0.4 is 10.6 Å². The van der Waals surface area contributed by atoms with Gasteiger partial charge in [-0.25, -0.2) is 8.42 Å². The molecule has 0 radical (unpaired) electrons. The van der Waals surface area contributed by atoms with E-state index in [4.69, 9.17) is 11.6 Å². The predicted octanol–water partition coefficient (Wildman–Crippen LogP) is -0.562. The zero-order valence-electron chi connectivity index (χ0n) is 12.3. The number of rotatable bonds is 5. The summed E-state index contributed by atoms with van der Waals surface area (Å²) >= 11 is 6.00. The number of likely N-dealkylation sites (tertiary alicyclic amines) is 1. The quantitative estimate of drug-likeness (QED) is 0.657. The van der Waals surface area contributed by atoms with Crippen LogP contribution >= 0.6 is 11.6 Å². The molecule has 21 heavy (non-hydrogen) atoms. The lowest BCUT2D eigenvalue weighted by Gasteiger charge is -2.32. The fourth-order valence-corrected chi connectivity index (χ4v) is 5.69. The Morgan fingerprint density at radius 1 is 1.38 bits per heavy atom. The summed E-state index contributed by atoms with van der Waals surface area (Å²) in [7, 11) is -1.17. The van der Waals surface area contributed by atoms with Crippen molar-refractivity contribution in [2.24, 2.45) is 5.92 Å². The molecule has 2 rings (SSSR count).